The first-order valence-corrected chi connectivity index (χ1v) is 33.3. The van der Waals surface area contributed by atoms with Crippen LogP contribution in [0.3, 0.4) is 0 Å². The molecule has 2 atom stereocenters. The molecule has 452 valence electrons. The topological polar surface area (TPSA) is 13.0 Å². The van der Waals surface area contributed by atoms with Gasteiger partial charge in [0.25, 0.3) is 6.71 Å². The number of aryl methyl sites for hydroxylation is 1. The first-order chi connectivity index (χ1) is 42.0. The Hall–Kier alpha value is -7.76. The second-order valence-corrected chi connectivity index (χ2v) is 32.7. The van der Waals surface area contributed by atoms with E-state index in [1.165, 1.54) is 147 Å². The van der Waals surface area contributed by atoms with Gasteiger partial charge >= 0.3 is 0 Å². The number of fused-ring (bicyclic) bond motifs is 8. The second kappa shape index (κ2) is 20.4. The van der Waals surface area contributed by atoms with Gasteiger partial charge in [-0.1, -0.05) is 202 Å². The molecule has 0 radical (unpaired) electrons. The zero-order chi connectivity index (χ0) is 62.7. The summed E-state index contributed by atoms with van der Waals surface area (Å²) >= 11 is 0. The van der Waals surface area contributed by atoms with E-state index >= 15 is 0 Å². The molecule has 0 saturated heterocycles. The van der Waals surface area contributed by atoms with Crippen LogP contribution in [-0.2, 0) is 39.9 Å². The van der Waals surface area contributed by atoms with E-state index in [0.29, 0.717) is 0 Å². The molecule has 4 nitrogen and oxygen atoms in total. The minimum absolute atomic E-state index is 0.00565. The Morgan fingerprint density at radius 3 is 1.52 bits per heavy atom. The van der Waals surface area contributed by atoms with Gasteiger partial charge in [0.1, 0.15) is 0 Å². The van der Waals surface area contributed by atoms with Gasteiger partial charge in [-0.2, -0.15) is 0 Å². The molecule has 2 aliphatic carbocycles. The Morgan fingerprint density at radius 2 is 0.921 bits per heavy atom. The molecule has 0 spiro atoms. The maximum absolute atomic E-state index is 2.81. The summed E-state index contributed by atoms with van der Waals surface area (Å²) in [5.41, 5.74) is 31.2. The van der Waals surface area contributed by atoms with Crippen molar-refractivity contribution in [3.05, 3.63) is 226 Å². The fraction of sp³-hybridized carbons (Fsp3) is 0.357. The Balaban J connectivity index is 0.987. The van der Waals surface area contributed by atoms with Crippen LogP contribution in [0, 0.1) is 12.3 Å². The molecular formula is C84H93BN4. The van der Waals surface area contributed by atoms with Crippen molar-refractivity contribution in [3.63, 3.8) is 0 Å². The molecule has 0 amide bonds. The summed E-state index contributed by atoms with van der Waals surface area (Å²) in [5, 5.41) is 0. The van der Waals surface area contributed by atoms with Crippen molar-refractivity contribution >= 4 is 85.7 Å². The van der Waals surface area contributed by atoms with Gasteiger partial charge in [0.05, 0.1) is 11.2 Å². The predicted octanol–water partition coefficient (Wildman–Crippen LogP) is 21.3. The first kappa shape index (κ1) is 58.9. The van der Waals surface area contributed by atoms with Gasteiger partial charge in [-0.3, -0.25) is 0 Å². The van der Waals surface area contributed by atoms with Crippen LogP contribution in [0.1, 0.15) is 181 Å². The molecule has 3 aliphatic heterocycles. The normalized spacial score (nSPS) is 19.1. The van der Waals surface area contributed by atoms with E-state index in [1.54, 1.807) is 0 Å². The Labute approximate surface area is 534 Å². The van der Waals surface area contributed by atoms with E-state index in [-0.39, 0.29) is 44.7 Å². The summed E-state index contributed by atoms with van der Waals surface area (Å²) in [4.78, 5) is 10.7. The van der Waals surface area contributed by atoms with Gasteiger partial charge < -0.3 is 19.6 Å². The molecule has 1 saturated carbocycles. The van der Waals surface area contributed by atoms with Crippen LogP contribution in [0.15, 0.2) is 182 Å². The van der Waals surface area contributed by atoms with E-state index in [1.807, 2.05) is 0 Å². The third-order valence-corrected chi connectivity index (χ3v) is 21.6. The second-order valence-electron chi connectivity index (χ2n) is 32.7. The Kier molecular flexibility index (Phi) is 13.5. The SMILES string of the molecule is Cc1cc2c3c(c1)N(c1ccc(C(C)(C)C)cc1-c1ccccc1)c1cc4c(cc1B3c1ccc(N3c5ccc(N(c6ccc(C(C)(C)C)cc6)c6ccc(C(C)(C)C)cc6)cc5C5(C)CCCCC35C)cc1N2c1ccc(C(C)(C)C)cc1)CC(C)(C)C4. The van der Waals surface area contributed by atoms with Crippen molar-refractivity contribution in [2.45, 2.75) is 189 Å². The van der Waals surface area contributed by atoms with Crippen LogP contribution in [0.5, 0.6) is 0 Å². The van der Waals surface area contributed by atoms with E-state index in [4.69, 9.17) is 0 Å². The number of nitrogens with zero attached hydrogens (tertiary/aromatic N) is 4. The average Bonchev–Trinajstić information content (AvgIpc) is 1.49. The third-order valence-electron chi connectivity index (χ3n) is 21.6. The van der Waals surface area contributed by atoms with Crippen molar-refractivity contribution in [1.29, 1.82) is 0 Å². The lowest BCUT2D eigenvalue weighted by Gasteiger charge is -2.50. The molecule has 89 heavy (non-hydrogen) atoms. The minimum Gasteiger partial charge on any atom is -0.334 e. The summed E-state index contributed by atoms with van der Waals surface area (Å²) in [6.07, 6.45) is 6.78. The molecule has 9 aromatic carbocycles. The smallest absolute Gasteiger partial charge is 0.252 e. The van der Waals surface area contributed by atoms with E-state index in [0.717, 1.165) is 25.7 Å². The van der Waals surface area contributed by atoms with Gasteiger partial charge in [-0.05, 0) is 230 Å². The van der Waals surface area contributed by atoms with Crippen molar-refractivity contribution < 1.29 is 0 Å². The first-order valence-electron chi connectivity index (χ1n) is 33.3. The molecule has 0 aromatic heterocycles. The molecule has 3 heterocycles. The van der Waals surface area contributed by atoms with Crippen LogP contribution in [-0.4, -0.2) is 12.3 Å². The van der Waals surface area contributed by atoms with E-state index in [9.17, 15) is 0 Å². The predicted molar refractivity (Wildman–Crippen MR) is 384 cm³/mol. The monoisotopic (exact) mass is 1170 g/mol. The van der Waals surface area contributed by atoms with E-state index < -0.39 is 0 Å². The number of hydrogen-bond acceptors (Lipinski definition) is 4. The highest BCUT2D eigenvalue weighted by Crippen LogP contribution is 2.62. The fourth-order valence-corrected chi connectivity index (χ4v) is 16.4. The number of anilines is 11. The third kappa shape index (κ3) is 9.68. The van der Waals surface area contributed by atoms with Crippen LogP contribution >= 0.6 is 0 Å². The Bertz CT molecular complexity index is 4200. The summed E-state index contributed by atoms with van der Waals surface area (Å²) in [6.45, 7) is 40.3. The highest BCUT2D eigenvalue weighted by Gasteiger charge is 2.58. The number of benzene rings is 9. The molecule has 14 rings (SSSR count). The minimum atomic E-state index is -0.187. The largest absolute Gasteiger partial charge is 0.334 e. The van der Waals surface area contributed by atoms with Crippen LogP contribution in [0.25, 0.3) is 11.1 Å². The van der Waals surface area contributed by atoms with Gasteiger partial charge in [-0.15, -0.1) is 0 Å². The van der Waals surface area contributed by atoms with E-state index in [2.05, 4.69) is 319 Å². The van der Waals surface area contributed by atoms with Crippen molar-refractivity contribution in [2.75, 3.05) is 19.6 Å². The molecule has 2 unspecified atom stereocenters. The Morgan fingerprint density at radius 1 is 0.416 bits per heavy atom. The molecule has 1 fully saturated rings. The van der Waals surface area contributed by atoms with Crippen molar-refractivity contribution in [1.82, 2.24) is 0 Å². The zero-order valence-electron chi connectivity index (χ0n) is 56.4. The zero-order valence-corrected chi connectivity index (χ0v) is 56.4. The average molecular weight is 1170 g/mol. The number of rotatable bonds is 7. The molecule has 0 bridgehead atoms. The van der Waals surface area contributed by atoms with Crippen molar-refractivity contribution in [3.8, 4) is 11.1 Å². The molecule has 9 aromatic rings. The summed E-state index contributed by atoms with van der Waals surface area (Å²) in [5.74, 6) is 0. The lowest BCUT2D eigenvalue weighted by molar-refractivity contribution is 0.195. The van der Waals surface area contributed by atoms with Gasteiger partial charge in [0, 0.05) is 67.9 Å². The van der Waals surface area contributed by atoms with Crippen LogP contribution < -0.4 is 36.0 Å². The van der Waals surface area contributed by atoms with Crippen LogP contribution in [0.2, 0.25) is 0 Å². The summed E-state index contributed by atoms with van der Waals surface area (Å²) < 4.78 is 0. The van der Waals surface area contributed by atoms with Gasteiger partial charge in [-0.25, -0.2) is 0 Å². The molecular weight excluding hydrogens is 1080 g/mol. The van der Waals surface area contributed by atoms with Gasteiger partial charge in [0.15, 0.2) is 0 Å². The maximum atomic E-state index is 2.81. The lowest BCUT2D eigenvalue weighted by Crippen LogP contribution is -2.61. The molecule has 5 heteroatoms. The quantitative estimate of drug-likeness (QED) is 0.147. The summed E-state index contributed by atoms with van der Waals surface area (Å²) in [6, 6.07) is 72.2. The highest BCUT2D eigenvalue weighted by molar-refractivity contribution is 7.00. The number of hydrogen-bond donors (Lipinski definition) is 0. The highest BCUT2D eigenvalue weighted by atomic mass is 15.3. The lowest BCUT2D eigenvalue weighted by atomic mass is 9.33. The molecule has 0 N–H and O–H groups in total. The molecule has 5 aliphatic rings. The van der Waals surface area contributed by atoms with Crippen molar-refractivity contribution in [2.24, 2.45) is 5.41 Å². The van der Waals surface area contributed by atoms with Crippen LogP contribution in [0.4, 0.5) is 62.6 Å². The maximum Gasteiger partial charge on any atom is 0.252 e. The standard InChI is InChI=1S/C84H93BN4/c1-54-45-75-77-76(46-54)88(71-41-31-61(81(11,12)13)49-67(71)55-23-19-18-20-24-55)73-48-57-53-82(14,15)52-56(57)47-70(73)85(77)69-40-38-66(51-74(69)87(75)64-36-29-60(30-37-64)80(8,9)10)89-72-42-39-65(50-68(72)83(16)43-21-22-44-84(83,89)17)86(62-32-25-58(26-33-62)78(2,3)4)63-34-27-59(28-35-63)79(5,6)7/h18-20,23-42,45-51H,21-22,43-44,52-53H2,1-17H3. The summed E-state index contributed by atoms with van der Waals surface area (Å²) in [7, 11) is 0. The fourth-order valence-electron chi connectivity index (χ4n) is 16.4. The van der Waals surface area contributed by atoms with Gasteiger partial charge in [0.2, 0.25) is 0 Å².